The summed E-state index contributed by atoms with van der Waals surface area (Å²) in [6.45, 7) is 3.42. The summed E-state index contributed by atoms with van der Waals surface area (Å²) < 4.78 is 5.05. The lowest BCUT2D eigenvalue weighted by Crippen LogP contribution is -2.32. The Hall–Kier alpha value is -1.03. The fraction of sp³-hybridized carbons (Fsp3) is 0.417. The fourth-order valence-corrected chi connectivity index (χ4v) is 1.85. The van der Waals surface area contributed by atoms with Crippen molar-refractivity contribution in [2.45, 2.75) is 6.92 Å². The van der Waals surface area contributed by atoms with Gasteiger partial charge in [-0.15, -0.1) is 0 Å². The van der Waals surface area contributed by atoms with Crippen LogP contribution in [0.2, 0.25) is 0 Å². The van der Waals surface area contributed by atoms with Crippen molar-refractivity contribution < 1.29 is 9.53 Å². The Morgan fingerprint density at radius 2 is 2.00 bits per heavy atom. The Labute approximate surface area is 105 Å². The van der Waals surface area contributed by atoms with Crippen LogP contribution in [0.5, 0.6) is 5.75 Å². The van der Waals surface area contributed by atoms with Gasteiger partial charge in [0.25, 0.3) is 5.91 Å². The maximum atomic E-state index is 12.0. The molecule has 0 saturated heterocycles. The molecule has 0 heterocycles. The van der Waals surface area contributed by atoms with Gasteiger partial charge in [0.2, 0.25) is 0 Å². The number of ether oxygens (including phenoxy) is 1. The van der Waals surface area contributed by atoms with Crippen molar-refractivity contribution in [1.82, 2.24) is 4.90 Å². The van der Waals surface area contributed by atoms with E-state index in [9.17, 15) is 4.79 Å². The molecule has 1 amide bonds. The third-order valence-electron chi connectivity index (χ3n) is 2.36. The van der Waals surface area contributed by atoms with Crippen LogP contribution in [0, 0.1) is 0 Å². The largest absolute Gasteiger partial charge is 0.497 e. The van der Waals surface area contributed by atoms with Gasteiger partial charge in [-0.05, 0) is 31.2 Å². The molecule has 0 radical (unpaired) electrons. The van der Waals surface area contributed by atoms with E-state index in [0.29, 0.717) is 5.56 Å². The van der Waals surface area contributed by atoms with Gasteiger partial charge in [0.05, 0.1) is 7.11 Å². The van der Waals surface area contributed by atoms with E-state index in [4.69, 9.17) is 4.74 Å². The average Bonchev–Trinajstić information content (AvgIpc) is 2.35. The number of alkyl halides is 1. The first-order valence-corrected chi connectivity index (χ1v) is 6.34. The van der Waals surface area contributed by atoms with Crippen molar-refractivity contribution in [3.63, 3.8) is 0 Å². The zero-order chi connectivity index (χ0) is 12.0. The van der Waals surface area contributed by atoms with Crippen LogP contribution < -0.4 is 4.74 Å². The summed E-state index contributed by atoms with van der Waals surface area (Å²) in [6.07, 6.45) is 0. The molecule has 0 fully saturated rings. The molecule has 0 unspecified atom stereocenters. The zero-order valence-electron chi connectivity index (χ0n) is 9.57. The number of nitrogens with zero attached hydrogens (tertiary/aromatic N) is 1. The maximum Gasteiger partial charge on any atom is 0.253 e. The topological polar surface area (TPSA) is 29.5 Å². The molecule has 3 nitrogen and oxygen atoms in total. The summed E-state index contributed by atoms with van der Waals surface area (Å²) in [5.74, 6) is 0.824. The van der Waals surface area contributed by atoms with Crippen molar-refractivity contribution in [2.75, 3.05) is 25.5 Å². The fourth-order valence-electron chi connectivity index (χ4n) is 1.42. The van der Waals surface area contributed by atoms with Crippen LogP contribution in [0.1, 0.15) is 17.3 Å². The van der Waals surface area contributed by atoms with E-state index in [1.54, 1.807) is 36.3 Å². The van der Waals surface area contributed by atoms with Gasteiger partial charge in [0.15, 0.2) is 0 Å². The Kier molecular flexibility index (Phi) is 5.32. The minimum Gasteiger partial charge on any atom is -0.497 e. The van der Waals surface area contributed by atoms with E-state index in [2.05, 4.69) is 15.9 Å². The molecule has 0 atom stereocenters. The summed E-state index contributed by atoms with van der Waals surface area (Å²) in [5.41, 5.74) is 0.698. The number of hydrogen-bond acceptors (Lipinski definition) is 2. The van der Waals surface area contributed by atoms with Crippen LogP contribution in [0.15, 0.2) is 24.3 Å². The molecule has 0 spiro atoms. The van der Waals surface area contributed by atoms with E-state index in [-0.39, 0.29) is 5.91 Å². The van der Waals surface area contributed by atoms with Crippen LogP contribution in [-0.4, -0.2) is 36.3 Å². The van der Waals surface area contributed by atoms with Crippen molar-refractivity contribution >= 4 is 21.8 Å². The van der Waals surface area contributed by atoms with Crippen molar-refractivity contribution in [3.05, 3.63) is 29.8 Å². The second-order valence-electron chi connectivity index (χ2n) is 3.30. The summed E-state index contributed by atoms with van der Waals surface area (Å²) in [7, 11) is 1.61. The molecule has 88 valence electrons. The molecule has 0 N–H and O–H groups in total. The van der Waals surface area contributed by atoms with Gasteiger partial charge in [0.1, 0.15) is 5.75 Å². The van der Waals surface area contributed by atoms with Crippen molar-refractivity contribution in [1.29, 1.82) is 0 Å². The van der Waals surface area contributed by atoms with Crippen LogP contribution >= 0.6 is 15.9 Å². The highest BCUT2D eigenvalue weighted by molar-refractivity contribution is 9.09. The summed E-state index contributed by atoms with van der Waals surface area (Å²) >= 11 is 3.34. The third-order valence-corrected chi connectivity index (χ3v) is 2.71. The molecule has 1 aromatic carbocycles. The zero-order valence-corrected chi connectivity index (χ0v) is 11.2. The van der Waals surface area contributed by atoms with Gasteiger partial charge in [-0.3, -0.25) is 4.79 Å². The molecule has 16 heavy (non-hydrogen) atoms. The summed E-state index contributed by atoms with van der Waals surface area (Å²) in [6, 6.07) is 7.18. The van der Waals surface area contributed by atoms with Crippen LogP contribution in [0.3, 0.4) is 0 Å². The predicted molar refractivity (Wildman–Crippen MR) is 68.4 cm³/mol. The predicted octanol–water partition coefficient (Wildman–Crippen LogP) is 2.55. The molecular formula is C12H16BrNO2. The van der Waals surface area contributed by atoms with Gasteiger partial charge in [-0.25, -0.2) is 0 Å². The van der Waals surface area contributed by atoms with Gasteiger partial charge in [-0.2, -0.15) is 0 Å². The number of rotatable bonds is 5. The van der Waals surface area contributed by atoms with E-state index in [1.807, 2.05) is 6.92 Å². The first-order chi connectivity index (χ1) is 7.72. The van der Waals surface area contributed by atoms with E-state index in [1.165, 1.54) is 0 Å². The molecule has 0 aliphatic heterocycles. The van der Waals surface area contributed by atoms with E-state index >= 15 is 0 Å². The molecule has 0 saturated carbocycles. The Bertz CT molecular complexity index is 337. The number of carbonyl (C=O) groups excluding carboxylic acids is 1. The smallest absolute Gasteiger partial charge is 0.253 e. The Balaban J connectivity index is 2.78. The molecule has 4 heteroatoms. The molecule has 0 aliphatic rings. The second kappa shape index (κ2) is 6.53. The number of amides is 1. The van der Waals surface area contributed by atoms with Crippen LogP contribution in [0.25, 0.3) is 0 Å². The second-order valence-corrected chi connectivity index (χ2v) is 4.10. The first kappa shape index (κ1) is 13.0. The number of carbonyl (C=O) groups is 1. The molecular weight excluding hydrogens is 270 g/mol. The highest BCUT2D eigenvalue weighted by Gasteiger charge is 2.12. The van der Waals surface area contributed by atoms with Gasteiger partial charge in [0, 0.05) is 24.0 Å². The number of halogens is 1. The SMILES string of the molecule is CCN(CCBr)C(=O)c1ccc(OC)cc1. The molecule has 1 aromatic rings. The minimum absolute atomic E-state index is 0.0598. The number of methoxy groups -OCH3 is 1. The van der Waals surface area contributed by atoms with Crippen molar-refractivity contribution in [2.24, 2.45) is 0 Å². The van der Waals surface area contributed by atoms with Gasteiger partial charge < -0.3 is 9.64 Å². The average molecular weight is 286 g/mol. The monoisotopic (exact) mass is 285 g/mol. The molecule has 0 bridgehead atoms. The quantitative estimate of drug-likeness (QED) is 0.778. The Morgan fingerprint density at radius 3 is 2.44 bits per heavy atom. The standard InChI is InChI=1S/C12H16BrNO2/c1-3-14(9-8-13)12(15)10-4-6-11(16-2)7-5-10/h4-7H,3,8-9H2,1-2H3. The molecule has 0 aliphatic carbocycles. The highest BCUT2D eigenvalue weighted by atomic mass is 79.9. The van der Waals surface area contributed by atoms with Crippen LogP contribution in [-0.2, 0) is 0 Å². The van der Waals surface area contributed by atoms with E-state index in [0.717, 1.165) is 24.2 Å². The first-order valence-electron chi connectivity index (χ1n) is 5.22. The lowest BCUT2D eigenvalue weighted by Gasteiger charge is -2.19. The van der Waals surface area contributed by atoms with Gasteiger partial charge in [-0.1, -0.05) is 15.9 Å². The third kappa shape index (κ3) is 3.23. The summed E-state index contributed by atoms with van der Waals surface area (Å²) in [5, 5.41) is 0.794. The Morgan fingerprint density at radius 1 is 1.38 bits per heavy atom. The van der Waals surface area contributed by atoms with Crippen molar-refractivity contribution in [3.8, 4) is 5.75 Å². The molecule has 0 aromatic heterocycles. The molecule has 1 rings (SSSR count). The number of benzene rings is 1. The lowest BCUT2D eigenvalue weighted by atomic mass is 10.2. The lowest BCUT2D eigenvalue weighted by molar-refractivity contribution is 0.0775. The normalized spacial score (nSPS) is 9.94. The van der Waals surface area contributed by atoms with E-state index < -0.39 is 0 Å². The number of hydrogen-bond donors (Lipinski definition) is 0. The maximum absolute atomic E-state index is 12.0. The minimum atomic E-state index is 0.0598. The summed E-state index contributed by atoms with van der Waals surface area (Å²) in [4.78, 5) is 13.8. The highest BCUT2D eigenvalue weighted by Crippen LogP contribution is 2.13. The van der Waals surface area contributed by atoms with Gasteiger partial charge >= 0.3 is 0 Å². The van der Waals surface area contributed by atoms with Crippen LogP contribution in [0.4, 0.5) is 0 Å².